The highest BCUT2D eigenvalue weighted by Gasteiger charge is 2.36. The van der Waals surface area contributed by atoms with Gasteiger partial charge in [-0.15, -0.1) is 0 Å². The first-order valence-corrected chi connectivity index (χ1v) is 8.94. The Morgan fingerprint density at radius 2 is 1.26 bits per heavy atom. The van der Waals surface area contributed by atoms with E-state index >= 15 is 0 Å². The molecular weight excluding hydrogens is 334 g/mol. The Morgan fingerprint density at radius 1 is 0.815 bits per heavy atom. The van der Waals surface area contributed by atoms with E-state index in [0.717, 1.165) is 22.4 Å². The normalized spacial score (nSPS) is 12.7. The fraction of sp³-hybridized carbons (Fsp3) is 0.167. The number of carbonyl (C=O) groups is 1. The van der Waals surface area contributed by atoms with Crippen LogP contribution in [-0.2, 0) is 14.9 Å². The largest absolute Gasteiger partial charge is 0.468 e. The molecule has 3 aromatic rings. The van der Waals surface area contributed by atoms with Gasteiger partial charge < -0.3 is 4.74 Å². The topological polar surface area (TPSA) is 38.7 Å². The van der Waals surface area contributed by atoms with Crippen LogP contribution in [0.4, 0.5) is 0 Å². The summed E-state index contributed by atoms with van der Waals surface area (Å²) >= 11 is 0. The van der Waals surface area contributed by atoms with Gasteiger partial charge in [-0.25, -0.2) is 0 Å². The molecule has 0 radical (unpaired) electrons. The molecule has 0 bridgehead atoms. The first-order chi connectivity index (χ1) is 13.1. The maximum atomic E-state index is 12.6. The van der Waals surface area contributed by atoms with Gasteiger partial charge in [-0.05, 0) is 12.5 Å². The first kappa shape index (κ1) is 18.6. The summed E-state index contributed by atoms with van der Waals surface area (Å²) in [4.78, 5) is 17.5. The van der Waals surface area contributed by atoms with E-state index in [1.807, 2.05) is 97.9 Å². The highest BCUT2D eigenvalue weighted by Crippen LogP contribution is 2.26. The van der Waals surface area contributed by atoms with Gasteiger partial charge in [0.1, 0.15) is 5.41 Å². The number of hydrogen-bond acceptors (Lipinski definition) is 3. The fourth-order valence-corrected chi connectivity index (χ4v) is 3.08. The van der Waals surface area contributed by atoms with Crippen molar-refractivity contribution < 1.29 is 9.53 Å². The van der Waals surface area contributed by atoms with E-state index in [-0.39, 0.29) is 5.97 Å². The maximum absolute atomic E-state index is 12.6. The fourth-order valence-electron chi connectivity index (χ4n) is 3.08. The molecule has 3 heteroatoms. The summed E-state index contributed by atoms with van der Waals surface area (Å²) in [6.45, 7) is 2.17. The average Bonchev–Trinajstić information content (AvgIpc) is 2.75. The summed E-state index contributed by atoms with van der Waals surface area (Å²) in [5, 5.41) is 0. The van der Waals surface area contributed by atoms with Gasteiger partial charge in [-0.3, -0.25) is 9.79 Å². The minimum atomic E-state index is -0.856. The van der Waals surface area contributed by atoms with Gasteiger partial charge in [0, 0.05) is 11.1 Å². The Bertz CT molecular complexity index is 863. The van der Waals surface area contributed by atoms with E-state index in [0.29, 0.717) is 6.54 Å². The second-order valence-corrected chi connectivity index (χ2v) is 6.59. The smallest absolute Gasteiger partial charge is 0.317 e. The van der Waals surface area contributed by atoms with Crippen LogP contribution < -0.4 is 0 Å². The average molecular weight is 357 g/mol. The minimum absolute atomic E-state index is 0.294. The van der Waals surface area contributed by atoms with Crippen molar-refractivity contribution in [2.24, 2.45) is 4.99 Å². The molecule has 27 heavy (non-hydrogen) atoms. The van der Waals surface area contributed by atoms with Crippen LogP contribution in [0.2, 0.25) is 0 Å². The molecule has 0 saturated heterocycles. The molecule has 0 N–H and O–H groups in total. The van der Waals surface area contributed by atoms with E-state index < -0.39 is 5.41 Å². The van der Waals surface area contributed by atoms with E-state index in [1.54, 1.807) is 0 Å². The van der Waals surface area contributed by atoms with Crippen LogP contribution >= 0.6 is 0 Å². The molecule has 0 unspecified atom stereocenters. The van der Waals surface area contributed by atoms with Gasteiger partial charge in [-0.1, -0.05) is 91.0 Å². The zero-order valence-electron chi connectivity index (χ0n) is 15.6. The van der Waals surface area contributed by atoms with E-state index in [2.05, 4.69) is 0 Å². The van der Waals surface area contributed by atoms with Gasteiger partial charge >= 0.3 is 5.97 Å². The number of hydrogen-bond donors (Lipinski definition) is 0. The van der Waals surface area contributed by atoms with Crippen LogP contribution in [0, 0.1) is 0 Å². The third-order valence-electron chi connectivity index (χ3n) is 4.69. The van der Waals surface area contributed by atoms with Crippen molar-refractivity contribution >= 4 is 11.7 Å². The zero-order valence-corrected chi connectivity index (χ0v) is 15.6. The molecule has 3 rings (SSSR count). The summed E-state index contributed by atoms with van der Waals surface area (Å²) in [7, 11) is 1.42. The Kier molecular flexibility index (Phi) is 5.82. The Balaban J connectivity index is 2.05. The number of carbonyl (C=O) groups excluding carboxylic acids is 1. The molecule has 136 valence electrons. The maximum Gasteiger partial charge on any atom is 0.317 e. The standard InChI is InChI=1S/C24H23NO2/c1-24(23(26)27-2,21-16-10-5-11-17-21)18-25-22(19-12-6-3-7-13-19)20-14-8-4-9-15-20/h3-17H,18H2,1-2H3/t24-/m0/s1. The van der Waals surface area contributed by atoms with Crippen LogP contribution in [0.3, 0.4) is 0 Å². The van der Waals surface area contributed by atoms with E-state index in [9.17, 15) is 4.79 Å². The second-order valence-electron chi connectivity index (χ2n) is 6.59. The summed E-state index contributed by atoms with van der Waals surface area (Å²) in [6, 6.07) is 29.7. The van der Waals surface area contributed by atoms with Crippen LogP contribution in [0.5, 0.6) is 0 Å². The molecule has 0 aromatic heterocycles. The quantitative estimate of drug-likeness (QED) is 0.476. The third-order valence-corrected chi connectivity index (χ3v) is 4.69. The molecule has 1 atom stereocenters. The van der Waals surface area contributed by atoms with Crippen molar-refractivity contribution in [1.82, 2.24) is 0 Å². The Hall–Kier alpha value is -3.20. The van der Waals surface area contributed by atoms with Crippen molar-refractivity contribution in [3.8, 4) is 0 Å². The summed E-state index contributed by atoms with van der Waals surface area (Å²) in [6.07, 6.45) is 0. The van der Waals surface area contributed by atoms with Crippen LogP contribution in [0.15, 0.2) is 96.0 Å². The van der Waals surface area contributed by atoms with Gasteiger partial charge in [0.2, 0.25) is 0 Å². The summed E-state index contributed by atoms with van der Waals surface area (Å²) in [5.74, 6) is -0.294. The molecule has 3 aromatic carbocycles. The SMILES string of the molecule is COC(=O)[C@@](C)(CN=C(c1ccccc1)c1ccccc1)c1ccccc1. The minimum Gasteiger partial charge on any atom is -0.468 e. The highest BCUT2D eigenvalue weighted by molar-refractivity contribution is 6.13. The van der Waals surface area contributed by atoms with Gasteiger partial charge in [0.05, 0.1) is 19.4 Å². The van der Waals surface area contributed by atoms with Gasteiger partial charge in [0.25, 0.3) is 0 Å². The second kappa shape index (κ2) is 8.45. The highest BCUT2D eigenvalue weighted by atomic mass is 16.5. The number of methoxy groups -OCH3 is 1. The number of benzene rings is 3. The summed E-state index contributed by atoms with van der Waals surface area (Å²) < 4.78 is 5.11. The molecule has 0 fully saturated rings. The van der Waals surface area contributed by atoms with Crippen LogP contribution in [0.1, 0.15) is 23.6 Å². The van der Waals surface area contributed by atoms with Crippen molar-refractivity contribution in [1.29, 1.82) is 0 Å². The number of aliphatic imine (C=N–C) groups is 1. The molecule has 0 heterocycles. The summed E-state index contributed by atoms with van der Waals surface area (Å²) in [5.41, 5.74) is 2.93. The predicted molar refractivity (Wildman–Crippen MR) is 109 cm³/mol. The lowest BCUT2D eigenvalue weighted by Crippen LogP contribution is -2.37. The lowest BCUT2D eigenvalue weighted by atomic mass is 9.82. The van der Waals surface area contributed by atoms with Gasteiger partial charge in [0.15, 0.2) is 0 Å². The molecule has 0 aliphatic carbocycles. The Morgan fingerprint density at radius 3 is 1.70 bits per heavy atom. The van der Waals surface area contributed by atoms with Crippen LogP contribution in [-0.4, -0.2) is 25.3 Å². The third kappa shape index (κ3) is 4.14. The van der Waals surface area contributed by atoms with E-state index in [4.69, 9.17) is 9.73 Å². The van der Waals surface area contributed by atoms with Gasteiger partial charge in [-0.2, -0.15) is 0 Å². The molecule has 0 aliphatic rings. The predicted octanol–water partition coefficient (Wildman–Crippen LogP) is 4.65. The van der Waals surface area contributed by atoms with Crippen molar-refractivity contribution in [2.45, 2.75) is 12.3 Å². The van der Waals surface area contributed by atoms with E-state index in [1.165, 1.54) is 7.11 Å². The monoisotopic (exact) mass is 357 g/mol. The zero-order chi connectivity index (χ0) is 19.1. The molecule has 0 spiro atoms. The number of ether oxygens (including phenoxy) is 1. The molecular formula is C24H23NO2. The van der Waals surface area contributed by atoms with Crippen LogP contribution in [0.25, 0.3) is 0 Å². The molecule has 3 nitrogen and oxygen atoms in total. The number of rotatable bonds is 6. The lowest BCUT2D eigenvalue weighted by molar-refractivity contribution is -0.146. The molecule has 0 amide bonds. The number of esters is 1. The Labute approximate surface area is 160 Å². The first-order valence-electron chi connectivity index (χ1n) is 8.94. The molecule has 0 saturated carbocycles. The van der Waals surface area contributed by atoms with Crippen molar-refractivity contribution in [3.63, 3.8) is 0 Å². The molecule has 0 aliphatic heterocycles. The van der Waals surface area contributed by atoms with Crippen molar-refractivity contribution in [2.75, 3.05) is 13.7 Å². The number of nitrogens with zero attached hydrogens (tertiary/aromatic N) is 1. The van der Waals surface area contributed by atoms with Crippen molar-refractivity contribution in [3.05, 3.63) is 108 Å². The lowest BCUT2D eigenvalue weighted by Gasteiger charge is -2.26.